The van der Waals surface area contributed by atoms with E-state index in [1.54, 1.807) is 24.4 Å². The van der Waals surface area contributed by atoms with Gasteiger partial charge in [0.05, 0.1) is 10.8 Å². The Morgan fingerprint density at radius 1 is 1.28 bits per heavy atom. The van der Waals surface area contributed by atoms with Crippen LogP contribution in [-0.4, -0.2) is 39.3 Å². The number of carbonyl (C=O) groups is 1. The molecule has 0 bridgehead atoms. The molecule has 0 unspecified atom stereocenters. The van der Waals surface area contributed by atoms with Crippen molar-refractivity contribution in [1.82, 2.24) is 15.0 Å². The van der Waals surface area contributed by atoms with Crippen LogP contribution in [0.2, 0.25) is 0 Å². The fourth-order valence-electron chi connectivity index (χ4n) is 2.46. The van der Waals surface area contributed by atoms with Gasteiger partial charge in [-0.3, -0.25) is 4.79 Å². The maximum absolute atomic E-state index is 12.4. The summed E-state index contributed by atoms with van der Waals surface area (Å²) < 4.78 is 11.0. The number of H-pyrrole nitrogens is 1. The number of rotatable bonds is 4. The second-order valence-electron chi connectivity index (χ2n) is 5.52. The van der Waals surface area contributed by atoms with Crippen LogP contribution in [0.1, 0.15) is 6.92 Å². The summed E-state index contributed by atoms with van der Waals surface area (Å²) in [6, 6.07) is 9.11. The number of aromatic nitrogens is 3. The maximum atomic E-state index is 12.4. The summed E-state index contributed by atoms with van der Waals surface area (Å²) >= 11 is 1.35. The molecule has 25 heavy (non-hydrogen) atoms. The molecule has 128 valence electrons. The number of amides is 1. The van der Waals surface area contributed by atoms with Crippen LogP contribution in [0.3, 0.4) is 0 Å². The lowest BCUT2D eigenvalue weighted by Gasteiger charge is -2.19. The number of pyridine rings is 1. The largest absolute Gasteiger partial charge is 0.486 e. The van der Waals surface area contributed by atoms with E-state index >= 15 is 0 Å². The number of thioether (sulfide) groups is 1. The zero-order chi connectivity index (χ0) is 17.2. The standard InChI is InChI=1S/C17H16N4O3S/c1-10(25-17-20-12-3-2-6-18-15(12)21-17)16(22)19-11-4-5-13-14(9-11)24-8-7-23-13/h2-6,9-10H,7-8H2,1H3,(H,19,22)(H,18,20,21)/t10-/m0/s1. The third kappa shape index (κ3) is 3.39. The number of carbonyl (C=O) groups excluding carboxylic acids is 1. The van der Waals surface area contributed by atoms with Crippen molar-refractivity contribution >= 4 is 34.5 Å². The smallest absolute Gasteiger partial charge is 0.237 e. The molecule has 4 rings (SSSR count). The van der Waals surface area contributed by atoms with Crippen molar-refractivity contribution in [2.45, 2.75) is 17.3 Å². The van der Waals surface area contributed by atoms with Gasteiger partial charge in [-0.15, -0.1) is 0 Å². The van der Waals surface area contributed by atoms with Gasteiger partial charge in [0.1, 0.15) is 13.2 Å². The first-order chi connectivity index (χ1) is 12.2. The zero-order valence-corrected chi connectivity index (χ0v) is 14.3. The molecule has 1 aromatic carbocycles. The highest BCUT2D eigenvalue weighted by Gasteiger charge is 2.18. The van der Waals surface area contributed by atoms with Gasteiger partial charge in [-0.2, -0.15) is 0 Å². The van der Waals surface area contributed by atoms with E-state index in [1.165, 1.54) is 11.8 Å². The number of fused-ring (bicyclic) bond motifs is 2. The summed E-state index contributed by atoms with van der Waals surface area (Å²) in [5, 5.41) is 3.23. The lowest BCUT2D eigenvalue weighted by molar-refractivity contribution is -0.115. The quantitative estimate of drug-likeness (QED) is 0.699. The van der Waals surface area contributed by atoms with E-state index in [0.717, 1.165) is 5.52 Å². The molecule has 0 saturated heterocycles. The lowest BCUT2D eigenvalue weighted by Crippen LogP contribution is -2.23. The molecule has 0 fully saturated rings. The molecule has 7 nitrogen and oxygen atoms in total. The summed E-state index contributed by atoms with van der Waals surface area (Å²) in [4.78, 5) is 24.2. The van der Waals surface area contributed by atoms with Crippen molar-refractivity contribution in [2.24, 2.45) is 0 Å². The van der Waals surface area contributed by atoms with Crippen molar-refractivity contribution in [2.75, 3.05) is 18.5 Å². The Labute approximate surface area is 148 Å². The number of nitrogens with zero attached hydrogens (tertiary/aromatic N) is 2. The van der Waals surface area contributed by atoms with Gasteiger partial charge in [-0.05, 0) is 31.2 Å². The fraction of sp³-hybridized carbons (Fsp3) is 0.235. The Morgan fingerprint density at radius 2 is 2.12 bits per heavy atom. The van der Waals surface area contributed by atoms with Crippen molar-refractivity contribution in [3.63, 3.8) is 0 Å². The zero-order valence-electron chi connectivity index (χ0n) is 13.5. The molecular weight excluding hydrogens is 340 g/mol. The van der Waals surface area contributed by atoms with E-state index < -0.39 is 0 Å². The molecule has 0 radical (unpaired) electrons. The highest BCUT2D eigenvalue weighted by atomic mass is 32.2. The minimum atomic E-state index is -0.325. The molecule has 3 aromatic rings. The number of imidazole rings is 1. The van der Waals surface area contributed by atoms with Crippen LogP contribution in [0.5, 0.6) is 11.5 Å². The Hall–Kier alpha value is -2.74. The van der Waals surface area contributed by atoms with Gasteiger partial charge in [-0.25, -0.2) is 9.97 Å². The molecule has 0 saturated carbocycles. The highest BCUT2D eigenvalue weighted by Crippen LogP contribution is 2.33. The van der Waals surface area contributed by atoms with Crippen molar-refractivity contribution in [3.05, 3.63) is 36.5 Å². The van der Waals surface area contributed by atoms with Gasteiger partial charge in [0.15, 0.2) is 22.3 Å². The number of anilines is 1. The maximum Gasteiger partial charge on any atom is 0.237 e. The summed E-state index contributed by atoms with van der Waals surface area (Å²) in [5.74, 6) is 1.23. The predicted molar refractivity (Wildman–Crippen MR) is 95.3 cm³/mol. The minimum absolute atomic E-state index is 0.116. The van der Waals surface area contributed by atoms with E-state index in [0.29, 0.717) is 41.2 Å². The van der Waals surface area contributed by atoms with Crippen LogP contribution in [0.25, 0.3) is 11.2 Å². The van der Waals surface area contributed by atoms with E-state index in [1.807, 2.05) is 19.1 Å². The van der Waals surface area contributed by atoms with Crippen LogP contribution in [0.4, 0.5) is 5.69 Å². The third-order valence-electron chi connectivity index (χ3n) is 3.70. The second kappa shape index (κ2) is 6.64. The second-order valence-corrected chi connectivity index (χ2v) is 6.85. The molecule has 1 aliphatic rings. The lowest BCUT2D eigenvalue weighted by atomic mass is 10.2. The van der Waals surface area contributed by atoms with Gasteiger partial charge in [-0.1, -0.05) is 11.8 Å². The first-order valence-corrected chi connectivity index (χ1v) is 8.75. The molecule has 2 N–H and O–H groups in total. The van der Waals surface area contributed by atoms with Crippen LogP contribution >= 0.6 is 11.8 Å². The minimum Gasteiger partial charge on any atom is -0.486 e. The molecule has 0 spiro atoms. The van der Waals surface area contributed by atoms with E-state index in [9.17, 15) is 4.79 Å². The number of nitrogens with one attached hydrogen (secondary N) is 2. The number of hydrogen-bond donors (Lipinski definition) is 2. The molecular formula is C17H16N4O3S. The SMILES string of the molecule is C[C@H](Sc1nc2ncccc2[nH]1)C(=O)Nc1ccc2c(c1)OCCO2. The Kier molecular flexibility index (Phi) is 4.19. The summed E-state index contributed by atoms with van der Waals surface area (Å²) in [6.07, 6.45) is 1.69. The van der Waals surface area contributed by atoms with Crippen LogP contribution in [0, 0.1) is 0 Å². The van der Waals surface area contributed by atoms with Gasteiger partial charge >= 0.3 is 0 Å². The summed E-state index contributed by atoms with van der Waals surface area (Å²) in [6.45, 7) is 2.88. The van der Waals surface area contributed by atoms with E-state index in [-0.39, 0.29) is 11.2 Å². The first kappa shape index (κ1) is 15.8. The van der Waals surface area contributed by atoms with Crippen molar-refractivity contribution in [1.29, 1.82) is 0 Å². The van der Waals surface area contributed by atoms with Crippen LogP contribution in [-0.2, 0) is 4.79 Å². The fourth-order valence-corrected chi connectivity index (χ4v) is 3.27. The Balaban J connectivity index is 1.43. The monoisotopic (exact) mass is 356 g/mol. The third-order valence-corrected chi connectivity index (χ3v) is 4.69. The molecule has 1 amide bonds. The molecule has 0 aliphatic carbocycles. The van der Waals surface area contributed by atoms with Gasteiger partial charge in [0.25, 0.3) is 0 Å². The number of ether oxygens (including phenoxy) is 2. The number of hydrogen-bond acceptors (Lipinski definition) is 6. The normalized spacial score (nSPS) is 14.3. The molecule has 3 heterocycles. The van der Waals surface area contributed by atoms with Crippen molar-refractivity contribution in [3.8, 4) is 11.5 Å². The van der Waals surface area contributed by atoms with Gasteiger partial charge in [0, 0.05) is 18.0 Å². The average molecular weight is 356 g/mol. The van der Waals surface area contributed by atoms with Crippen molar-refractivity contribution < 1.29 is 14.3 Å². The van der Waals surface area contributed by atoms with E-state index in [4.69, 9.17) is 9.47 Å². The molecule has 8 heteroatoms. The van der Waals surface area contributed by atoms with Gasteiger partial charge < -0.3 is 19.8 Å². The molecule has 2 aromatic heterocycles. The number of aromatic amines is 1. The predicted octanol–water partition coefficient (Wildman–Crippen LogP) is 2.85. The average Bonchev–Trinajstić information content (AvgIpc) is 3.03. The Morgan fingerprint density at radius 3 is 2.96 bits per heavy atom. The van der Waals surface area contributed by atoms with Crippen LogP contribution < -0.4 is 14.8 Å². The number of benzene rings is 1. The first-order valence-electron chi connectivity index (χ1n) is 7.87. The molecule has 1 atom stereocenters. The van der Waals surface area contributed by atoms with E-state index in [2.05, 4.69) is 20.3 Å². The van der Waals surface area contributed by atoms with Gasteiger partial charge in [0.2, 0.25) is 5.91 Å². The summed E-state index contributed by atoms with van der Waals surface area (Å²) in [7, 11) is 0. The summed E-state index contributed by atoms with van der Waals surface area (Å²) in [5.41, 5.74) is 2.17. The van der Waals surface area contributed by atoms with Crippen LogP contribution in [0.15, 0.2) is 41.7 Å². The molecule has 1 aliphatic heterocycles. The Bertz CT molecular complexity index is 894. The highest BCUT2D eigenvalue weighted by molar-refractivity contribution is 8.00. The topological polar surface area (TPSA) is 89.1 Å².